The molecule has 0 bridgehead atoms. The molecule has 1 unspecified atom stereocenters. The summed E-state index contributed by atoms with van der Waals surface area (Å²) in [6.45, 7) is 3.31. The lowest BCUT2D eigenvalue weighted by Crippen LogP contribution is -2.51. The van der Waals surface area contributed by atoms with Crippen LogP contribution in [0.4, 0.5) is 0 Å². The molecule has 1 aliphatic heterocycles. The molecular weight excluding hydrogens is 142 g/mol. The van der Waals surface area contributed by atoms with E-state index in [1.165, 1.54) is 0 Å². The van der Waals surface area contributed by atoms with Gasteiger partial charge in [-0.15, -0.1) is 0 Å². The highest BCUT2D eigenvalue weighted by Gasteiger charge is 2.21. The summed E-state index contributed by atoms with van der Waals surface area (Å²) in [7, 11) is 0. The molecule has 1 fully saturated rings. The predicted octanol–water partition coefficient (Wildman–Crippen LogP) is 0.742. The minimum absolute atomic E-state index is 0.699. The van der Waals surface area contributed by atoms with E-state index in [2.05, 4.69) is 28.2 Å². The normalized spacial score (nSPS) is 45.0. The molecule has 1 N–H and O–H groups in total. The molecule has 6 heavy (non-hydrogen) atoms. The first-order chi connectivity index (χ1) is 2.80. The number of alkyl halides is 1. The molecule has 0 saturated carbocycles. The van der Waals surface area contributed by atoms with E-state index in [0.717, 1.165) is 11.4 Å². The number of hydrogen-bond acceptors (Lipinski definition) is 1. The van der Waals surface area contributed by atoms with Gasteiger partial charge in [-0.2, -0.15) is 0 Å². The maximum absolute atomic E-state index is 3.46. The van der Waals surface area contributed by atoms with Gasteiger partial charge in [-0.05, 0) is 6.92 Å². The Labute approximate surface area is 46.2 Å². The molecule has 0 aromatic heterocycles. The van der Waals surface area contributed by atoms with Gasteiger partial charge in [-0.3, -0.25) is 0 Å². The molecule has 0 aromatic rings. The summed E-state index contributed by atoms with van der Waals surface area (Å²) in [4.78, 5) is 0.734. The molecule has 0 aromatic carbocycles. The van der Waals surface area contributed by atoms with E-state index in [1.807, 2.05) is 0 Å². The van der Waals surface area contributed by atoms with Gasteiger partial charge in [0.1, 0.15) is 0 Å². The van der Waals surface area contributed by atoms with Crippen LogP contribution in [0.3, 0.4) is 0 Å². The molecule has 2 heteroatoms. The Balaban J connectivity index is 2.20. The lowest BCUT2D eigenvalue weighted by atomic mass is 10.1. The molecule has 1 saturated heterocycles. The second-order valence-corrected chi connectivity index (χ2v) is 2.89. The Morgan fingerprint density at radius 1 is 1.83 bits per heavy atom. The molecule has 1 heterocycles. The van der Waals surface area contributed by atoms with Crippen LogP contribution in [-0.4, -0.2) is 17.4 Å². The summed E-state index contributed by atoms with van der Waals surface area (Å²) in [5.41, 5.74) is 0. The highest BCUT2D eigenvalue weighted by atomic mass is 79.9. The summed E-state index contributed by atoms with van der Waals surface area (Å²) in [6, 6.07) is 0.699. The van der Waals surface area contributed by atoms with Gasteiger partial charge >= 0.3 is 0 Å². The van der Waals surface area contributed by atoms with Gasteiger partial charge in [0.15, 0.2) is 0 Å². The highest BCUT2D eigenvalue weighted by Crippen LogP contribution is 2.11. The van der Waals surface area contributed by atoms with Gasteiger partial charge in [0.25, 0.3) is 0 Å². The largest absolute Gasteiger partial charge is 0.312 e. The number of rotatable bonds is 0. The van der Waals surface area contributed by atoms with Gasteiger partial charge in [0.2, 0.25) is 0 Å². The molecule has 0 radical (unpaired) electrons. The summed E-state index contributed by atoms with van der Waals surface area (Å²) in [5.74, 6) is 0. The second-order valence-electron chi connectivity index (χ2n) is 1.71. The minimum Gasteiger partial charge on any atom is -0.312 e. The van der Waals surface area contributed by atoms with Crippen LogP contribution in [0, 0.1) is 0 Å². The Bertz CT molecular complexity index is 47.5. The molecule has 0 aliphatic carbocycles. The van der Waals surface area contributed by atoms with Crippen LogP contribution in [-0.2, 0) is 0 Å². The van der Waals surface area contributed by atoms with Crippen LogP contribution in [0.2, 0.25) is 0 Å². The maximum Gasteiger partial charge on any atom is 0.0421 e. The van der Waals surface area contributed by atoms with Crippen LogP contribution in [0.15, 0.2) is 0 Å². The van der Waals surface area contributed by atoms with Gasteiger partial charge in [0, 0.05) is 17.4 Å². The monoisotopic (exact) mass is 149 g/mol. The highest BCUT2D eigenvalue weighted by molar-refractivity contribution is 9.09. The minimum atomic E-state index is 0.699. The topological polar surface area (TPSA) is 12.0 Å². The third-order valence-corrected chi connectivity index (χ3v) is 2.29. The first kappa shape index (κ1) is 4.60. The average Bonchev–Trinajstić information content (AvgIpc) is 1.61. The van der Waals surface area contributed by atoms with Crippen molar-refractivity contribution in [1.29, 1.82) is 0 Å². The molecule has 36 valence electrons. The zero-order valence-corrected chi connectivity index (χ0v) is 5.33. The zero-order chi connectivity index (χ0) is 4.57. The van der Waals surface area contributed by atoms with Crippen LogP contribution >= 0.6 is 15.9 Å². The van der Waals surface area contributed by atoms with Crippen molar-refractivity contribution in [2.24, 2.45) is 0 Å². The smallest absolute Gasteiger partial charge is 0.0421 e. The lowest BCUT2D eigenvalue weighted by molar-refractivity contribution is 0.421. The maximum atomic E-state index is 3.46. The summed E-state index contributed by atoms with van der Waals surface area (Å²) in [6.07, 6.45) is 0. The fourth-order valence-corrected chi connectivity index (χ4v) is 0.816. The molecule has 2 atom stereocenters. The fourth-order valence-electron chi connectivity index (χ4n) is 0.443. The molecule has 0 spiro atoms. The van der Waals surface area contributed by atoms with Crippen molar-refractivity contribution >= 4 is 15.9 Å². The standard InChI is InChI=1S/C4H8BrN/c1-3-4(5)2-6-3/h3-4,6H,2H2,1H3/t3?,4-/m1/s1. The first-order valence-electron chi connectivity index (χ1n) is 2.18. The van der Waals surface area contributed by atoms with Crippen molar-refractivity contribution in [2.75, 3.05) is 6.54 Å². The van der Waals surface area contributed by atoms with Crippen LogP contribution in [0.1, 0.15) is 6.92 Å². The molecule has 1 nitrogen and oxygen atoms in total. The summed E-state index contributed by atoms with van der Waals surface area (Å²) in [5, 5.41) is 3.21. The van der Waals surface area contributed by atoms with E-state index in [0.29, 0.717) is 6.04 Å². The van der Waals surface area contributed by atoms with Crippen LogP contribution in [0.25, 0.3) is 0 Å². The SMILES string of the molecule is CC1NC[C@H]1Br. The van der Waals surface area contributed by atoms with Crippen molar-refractivity contribution in [1.82, 2.24) is 5.32 Å². The average molecular weight is 150 g/mol. The van der Waals surface area contributed by atoms with Crippen LogP contribution < -0.4 is 5.32 Å². The zero-order valence-electron chi connectivity index (χ0n) is 3.74. The van der Waals surface area contributed by atoms with Gasteiger partial charge < -0.3 is 5.32 Å². The predicted molar refractivity (Wildman–Crippen MR) is 30.2 cm³/mol. The lowest BCUT2D eigenvalue weighted by Gasteiger charge is -2.30. The number of nitrogens with one attached hydrogen (secondary N) is 1. The summed E-state index contributed by atoms with van der Waals surface area (Å²) < 4.78 is 0. The van der Waals surface area contributed by atoms with Gasteiger partial charge in [0.05, 0.1) is 0 Å². The van der Waals surface area contributed by atoms with Crippen molar-refractivity contribution in [3.8, 4) is 0 Å². The van der Waals surface area contributed by atoms with Crippen molar-refractivity contribution in [3.05, 3.63) is 0 Å². The summed E-state index contributed by atoms with van der Waals surface area (Å²) >= 11 is 3.46. The van der Waals surface area contributed by atoms with E-state index in [-0.39, 0.29) is 0 Å². The van der Waals surface area contributed by atoms with Crippen molar-refractivity contribution in [2.45, 2.75) is 17.8 Å². The Hall–Kier alpha value is 0.440. The van der Waals surface area contributed by atoms with E-state index < -0.39 is 0 Å². The molecule has 0 amide bonds. The third kappa shape index (κ3) is 0.590. The molecule has 1 rings (SSSR count). The number of halogens is 1. The van der Waals surface area contributed by atoms with E-state index >= 15 is 0 Å². The second kappa shape index (κ2) is 1.51. The Kier molecular flexibility index (Phi) is 1.15. The Morgan fingerprint density at radius 3 is 2.33 bits per heavy atom. The Morgan fingerprint density at radius 2 is 2.33 bits per heavy atom. The van der Waals surface area contributed by atoms with Crippen molar-refractivity contribution < 1.29 is 0 Å². The number of hydrogen-bond donors (Lipinski definition) is 1. The third-order valence-electron chi connectivity index (χ3n) is 1.18. The first-order valence-corrected chi connectivity index (χ1v) is 3.10. The van der Waals surface area contributed by atoms with Gasteiger partial charge in [-0.25, -0.2) is 0 Å². The fraction of sp³-hybridized carbons (Fsp3) is 1.00. The van der Waals surface area contributed by atoms with Crippen molar-refractivity contribution in [3.63, 3.8) is 0 Å². The van der Waals surface area contributed by atoms with Gasteiger partial charge in [-0.1, -0.05) is 15.9 Å². The molecular formula is C4H8BrN. The molecule has 1 aliphatic rings. The van der Waals surface area contributed by atoms with E-state index in [1.54, 1.807) is 0 Å². The van der Waals surface area contributed by atoms with Crippen LogP contribution in [0.5, 0.6) is 0 Å². The quantitative estimate of drug-likeness (QED) is 0.502. The van der Waals surface area contributed by atoms with E-state index in [9.17, 15) is 0 Å². The van der Waals surface area contributed by atoms with E-state index in [4.69, 9.17) is 0 Å².